The summed E-state index contributed by atoms with van der Waals surface area (Å²) in [6.45, 7) is 2.93. The molecule has 11 heteroatoms. The van der Waals surface area contributed by atoms with Crippen molar-refractivity contribution in [2.24, 2.45) is 0 Å². The third kappa shape index (κ3) is 7.64. The van der Waals surface area contributed by atoms with Gasteiger partial charge in [0.05, 0.1) is 7.11 Å². The summed E-state index contributed by atoms with van der Waals surface area (Å²) in [5.74, 6) is -2.78. The Kier molecular flexibility index (Phi) is 7.93. The number of carbonyl (C=O) groups excluding carboxylic acids is 2. The Morgan fingerprint density at radius 2 is 1.60 bits per heavy atom. The van der Waals surface area contributed by atoms with E-state index in [2.05, 4.69) is 0 Å². The predicted octanol–water partition coefficient (Wildman–Crippen LogP) is 4.38. The third-order valence-corrected chi connectivity index (χ3v) is 2.65. The van der Waals surface area contributed by atoms with E-state index in [0.29, 0.717) is 5.56 Å². The molecule has 1 N–H and O–H groups in total. The fourth-order valence-corrected chi connectivity index (χ4v) is 1.81. The van der Waals surface area contributed by atoms with Crippen molar-refractivity contribution in [3.63, 3.8) is 0 Å². The zero-order chi connectivity index (χ0) is 19.4. The van der Waals surface area contributed by atoms with Crippen molar-refractivity contribution < 1.29 is 41.3 Å². The molecule has 25 heavy (non-hydrogen) atoms. The Hall–Kier alpha value is -0.626. The molecule has 1 aliphatic heterocycles. The van der Waals surface area contributed by atoms with Crippen LogP contribution < -0.4 is 4.74 Å². The number of aromatic hydroxyl groups is 1. The number of halogens is 4. The van der Waals surface area contributed by atoms with Crippen LogP contribution in [0.15, 0.2) is 23.8 Å². The first-order chi connectivity index (χ1) is 11.3. The molecule has 1 aromatic carbocycles. The number of hydrogen-bond donors (Lipinski definition) is 1. The molecule has 1 saturated heterocycles. The van der Waals surface area contributed by atoms with Crippen molar-refractivity contribution >= 4 is 55.2 Å². The Labute approximate surface area is 163 Å². The van der Waals surface area contributed by atoms with E-state index in [1.807, 2.05) is 0 Å². The van der Waals surface area contributed by atoms with Crippen LogP contribution >= 0.6 is 37.2 Å². The molecule has 6 nitrogen and oxygen atoms in total. The number of cyclic esters (lactones) is 2. The minimum atomic E-state index is -3.11. The molecule has 1 aliphatic rings. The van der Waals surface area contributed by atoms with Gasteiger partial charge in [-0.25, -0.2) is 9.59 Å². The van der Waals surface area contributed by atoms with E-state index in [1.165, 1.54) is 33.1 Å². The van der Waals surface area contributed by atoms with Gasteiger partial charge in [0, 0.05) is 19.4 Å². The summed E-state index contributed by atoms with van der Waals surface area (Å²) in [4.78, 5) is 23.6. The molecule has 1 aromatic rings. The van der Waals surface area contributed by atoms with Crippen LogP contribution in [0.3, 0.4) is 0 Å². The second-order valence-corrected chi connectivity index (χ2v) is 20.5. The Morgan fingerprint density at radius 1 is 1.12 bits per heavy atom. The molecule has 138 valence electrons. The van der Waals surface area contributed by atoms with Gasteiger partial charge in [-0.05, 0) is 12.1 Å². The van der Waals surface area contributed by atoms with Gasteiger partial charge in [-0.1, -0.05) is 12.1 Å². The van der Waals surface area contributed by atoms with Crippen LogP contribution in [0.2, 0.25) is 0 Å². The molecule has 0 aromatic heterocycles. The van der Waals surface area contributed by atoms with Gasteiger partial charge >= 0.3 is 61.5 Å². The number of carbonyl (C=O) groups is 2. The van der Waals surface area contributed by atoms with Gasteiger partial charge in [-0.2, -0.15) is 0 Å². The monoisotopic (exact) mass is 466 g/mol. The summed E-state index contributed by atoms with van der Waals surface area (Å²) in [5, 5.41) is 9.65. The molecule has 1 fully saturated rings. The number of phenols is 1. The molecule has 0 saturated carbocycles. The third-order valence-electron chi connectivity index (χ3n) is 2.65. The Bertz CT molecular complexity index is 671. The van der Waals surface area contributed by atoms with Crippen molar-refractivity contribution in [2.75, 3.05) is 7.11 Å². The second kappa shape index (κ2) is 8.84. The molecule has 0 amide bonds. The zero-order valence-corrected chi connectivity index (χ0v) is 17.9. The predicted molar refractivity (Wildman–Crippen MR) is 92.3 cm³/mol. The average Bonchev–Trinajstić information content (AvgIpc) is 2.40. The van der Waals surface area contributed by atoms with Crippen LogP contribution in [0.1, 0.15) is 19.4 Å². The number of ether oxygens (including phenoxy) is 3. The number of methoxy groups -OCH3 is 1. The van der Waals surface area contributed by atoms with Crippen molar-refractivity contribution in [1.29, 1.82) is 0 Å². The topological polar surface area (TPSA) is 82.1 Å². The number of benzene rings is 1. The van der Waals surface area contributed by atoms with E-state index < -0.39 is 30.1 Å². The van der Waals surface area contributed by atoms with E-state index in [0.717, 1.165) is 0 Å². The first-order valence-electron chi connectivity index (χ1n) is 6.64. The molecular formula is C14H14Cl4O6Ti. The van der Waals surface area contributed by atoms with E-state index in [4.69, 9.17) is 51.4 Å². The Balaban J connectivity index is 0.000000550. The second-order valence-electron chi connectivity index (χ2n) is 5.07. The number of phenolic OH excluding ortho intramolecular Hbond substituents is 1. The van der Waals surface area contributed by atoms with Gasteiger partial charge in [-0.15, -0.1) is 0 Å². The Morgan fingerprint density at radius 3 is 2.04 bits per heavy atom. The summed E-state index contributed by atoms with van der Waals surface area (Å²) >= 11 is -3.11. The maximum absolute atomic E-state index is 11.8. The summed E-state index contributed by atoms with van der Waals surface area (Å²) in [6.07, 6.45) is 1.26. The van der Waals surface area contributed by atoms with Gasteiger partial charge in [0.25, 0.3) is 5.79 Å². The van der Waals surface area contributed by atoms with E-state index in [1.54, 1.807) is 12.1 Å². The van der Waals surface area contributed by atoms with Gasteiger partial charge < -0.3 is 19.3 Å². The maximum atomic E-state index is 11.8. The summed E-state index contributed by atoms with van der Waals surface area (Å²) < 4.78 is 15.0. The van der Waals surface area contributed by atoms with Crippen LogP contribution in [0.25, 0.3) is 6.08 Å². The normalized spacial score (nSPS) is 16.2. The van der Waals surface area contributed by atoms with Crippen LogP contribution in [0.4, 0.5) is 0 Å². The van der Waals surface area contributed by atoms with E-state index in [-0.39, 0.29) is 17.1 Å². The molecule has 1 heterocycles. The van der Waals surface area contributed by atoms with E-state index >= 15 is 0 Å². The molecule has 0 radical (unpaired) electrons. The number of para-hydroxylation sites is 1. The number of hydrogen-bond acceptors (Lipinski definition) is 6. The molecule has 0 unspecified atom stereocenters. The molecule has 0 spiro atoms. The van der Waals surface area contributed by atoms with Gasteiger partial charge in [0.15, 0.2) is 11.5 Å². The fraction of sp³-hybridized carbons (Fsp3) is 0.286. The number of esters is 2. The standard InChI is InChI=1S/C14H14O6.4ClH.Ti/c1-14(2)19-12(16)9(13(17)20-14)7-8-5-4-6-10(15)11(8)18-3;;;;;/h4-7,15H,1-3H3;4*1H;/q;;;;;+4/p-4. The molecule has 2 rings (SSSR count). The van der Waals surface area contributed by atoms with Crippen LogP contribution in [0.5, 0.6) is 11.5 Å². The van der Waals surface area contributed by atoms with Crippen molar-refractivity contribution in [3.8, 4) is 11.5 Å². The molecule has 0 aliphatic carbocycles. The summed E-state index contributed by atoms with van der Waals surface area (Å²) in [5.41, 5.74) is 0.115. The quantitative estimate of drug-likeness (QED) is 0.301. The van der Waals surface area contributed by atoms with Crippen molar-refractivity contribution in [3.05, 3.63) is 29.3 Å². The van der Waals surface area contributed by atoms with Crippen LogP contribution in [-0.2, 0) is 31.4 Å². The van der Waals surface area contributed by atoms with Crippen molar-refractivity contribution in [1.82, 2.24) is 0 Å². The van der Waals surface area contributed by atoms with Gasteiger partial charge in [0.1, 0.15) is 5.57 Å². The molecule has 0 atom stereocenters. The van der Waals surface area contributed by atoms with Gasteiger partial charge in [-0.3, -0.25) is 0 Å². The summed E-state index contributed by atoms with van der Waals surface area (Å²) in [7, 11) is 21.4. The zero-order valence-electron chi connectivity index (χ0n) is 13.3. The van der Waals surface area contributed by atoms with Crippen LogP contribution in [-0.4, -0.2) is 29.9 Å². The number of rotatable bonds is 2. The average molecular weight is 468 g/mol. The summed E-state index contributed by atoms with van der Waals surface area (Å²) in [6, 6.07) is 4.58. The van der Waals surface area contributed by atoms with Crippen molar-refractivity contribution in [2.45, 2.75) is 19.6 Å². The molecular weight excluding hydrogens is 454 g/mol. The SMILES string of the molecule is COc1c(O)cccc1C=C1C(=O)OC(C)(C)OC1=O.[Cl][Ti]([Cl])([Cl])[Cl]. The minimum absolute atomic E-state index is 0.0975. The molecule has 0 bridgehead atoms. The fourth-order valence-electron chi connectivity index (χ4n) is 1.81. The van der Waals surface area contributed by atoms with Gasteiger partial charge in [0.2, 0.25) is 0 Å². The van der Waals surface area contributed by atoms with Crippen LogP contribution in [0, 0.1) is 0 Å². The first-order valence-corrected chi connectivity index (χ1v) is 15.2. The first kappa shape index (κ1) is 22.4. The van der Waals surface area contributed by atoms with E-state index in [9.17, 15) is 14.7 Å².